The van der Waals surface area contributed by atoms with Gasteiger partial charge in [0.1, 0.15) is 6.10 Å². The van der Waals surface area contributed by atoms with Crippen LogP contribution in [-0.4, -0.2) is 15.3 Å². The Balaban J connectivity index is 2.01. The molecule has 3 aromatic rings. The summed E-state index contributed by atoms with van der Waals surface area (Å²) in [5, 5.41) is 18.4. The van der Waals surface area contributed by atoms with E-state index >= 15 is 0 Å². The van der Waals surface area contributed by atoms with Gasteiger partial charge in [0.25, 0.3) is 0 Å². The Labute approximate surface area is 132 Å². The lowest BCUT2D eigenvalue weighted by Gasteiger charge is -2.12. The third kappa shape index (κ3) is 2.81. The minimum Gasteiger partial charge on any atom is -0.384 e. The molecule has 0 saturated heterocycles. The van der Waals surface area contributed by atoms with E-state index in [-0.39, 0.29) is 0 Å². The number of nitrogens with one attached hydrogen (secondary N) is 1. The predicted octanol–water partition coefficient (Wildman–Crippen LogP) is 4.47. The number of rotatable bonds is 3. The average molecular weight is 319 g/mol. The Kier molecular flexibility index (Phi) is 3.97. The number of nitrogens with zero attached hydrogens (tertiary/aromatic N) is 1. The number of hydrogen-bond donors (Lipinski definition) is 2. The first-order chi connectivity index (χ1) is 10.2. The summed E-state index contributed by atoms with van der Waals surface area (Å²) in [6.45, 7) is 0. The van der Waals surface area contributed by atoms with Crippen molar-refractivity contribution in [3.8, 4) is 11.3 Å². The van der Waals surface area contributed by atoms with Gasteiger partial charge in [-0.1, -0.05) is 59.6 Å². The van der Waals surface area contributed by atoms with Gasteiger partial charge in [-0.05, 0) is 23.3 Å². The van der Waals surface area contributed by atoms with Crippen LogP contribution in [0.25, 0.3) is 11.3 Å². The van der Waals surface area contributed by atoms with Crippen molar-refractivity contribution < 1.29 is 5.11 Å². The van der Waals surface area contributed by atoms with Crippen molar-refractivity contribution in [1.82, 2.24) is 10.2 Å². The maximum Gasteiger partial charge on any atom is 0.108 e. The molecule has 0 aliphatic carbocycles. The second-order valence-electron chi connectivity index (χ2n) is 4.64. The Bertz CT molecular complexity index is 756. The Morgan fingerprint density at radius 2 is 1.76 bits per heavy atom. The Hall–Kier alpha value is -1.81. The molecule has 3 nitrogen and oxygen atoms in total. The second-order valence-corrected chi connectivity index (χ2v) is 5.46. The first-order valence-electron chi connectivity index (χ1n) is 6.38. The fourth-order valence-electron chi connectivity index (χ4n) is 2.20. The van der Waals surface area contributed by atoms with E-state index in [4.69, 9.17) is 23.2 Å². The van der Waals surface area contributed by atoms with E-state index in [0.29, 0.717) is 21.2 Å². The van der Waals surface area contributed by atoms with Crippen LogP contribution in [0, 0.1) is 0 Å². The molecule has 106 valence electrons. The van der Waals surface area contributed by atoms with Crippen molar-refractivity contribution >= 4 is 23.2 Å². The minimum absolute atomic E-state index is 0.415. The van der Waals surface area contributed by atoms with Crippen molar-refractivity contribution in [2.45, 2.75) is 6.10 Å². The molecule has 2 N–H and O–H groups in total. The van der Waals surface area contributed by atoms with Crippen LogP contribution in [-0.2, 0) is 0 Å². The van der Waals surface area contributed by atoms with Crippen LogP contribution in [0.2, 0.25) is 10.0 Å². The number of aliphatic hydroxyl groups is 1. The first kappa shape index (κ1) is 14.1. The molecule has 0 spiro atoms. The van der Waals surface area contributed by atoms with Crippen LogP contribution in [0.5, 0.6) is 0 Å². The summed E-state index contributed by atoms with van der Waals surface area (Å²) in [5.41, 5.74) is 3.11. The molecule has 0 bridgehead atoms. The molecule has 3 rings (SSSR count). The van der Waals surface area contributed by atoms with E-state index in [1.165, 1.54) is 0 Å². The van der Waals surface area contributed by atoms with Gasteiger partial charge in [-0.15, -0.1) is 0 Å². The molecule has 5 heteroatoms. The molecular formula is C16H12Cl2N2O. The van der Waals surface area contributed by atoms with Gasteiger partial charge in [0.05, 0.1) is 21.9 Å². The number of aromatic amines is 1. The van der Waals surface area contributed by atoms with Gasteiger partial charge in [0.15, 0.2) is 0 Å². The lowest BCUT2D eigenvalue weighted by atomic mass is 9.99. The maximum atomic E-state index is 10.6. The number of aliphatic hydroxyl groups excluding tert-OH is 1. The monoisotopic (exact) mass is 318 g/mol. The highest BCUT2D eigenvalue weighted by atomic mass is 35.5. The number of hydrogen-bond acceptors (Lipinski definition) is 2. The fraction of sp³-hybridized carbons (Fsp3) is 0.0625. The van der Waals surface area contributed by atoms with Gasteiger partial charge in [-0.2, -0.15) is 5.10 Å². The molecule has 21 heavy (non-hydrogen) atoms. The van der Waals surface area contributed by atoms with Crippen LogP contribution in [0.1, 0.15) is 17.2 Å². The summed E-state index contributed by atoms with van der Waals surface area (Å²) in [6.07, 6.45) is 0.795. The van der Waals surface area contributed by atoms with E-state index in [1.807, 2.05) is 30.3 Å². The number of aromatic nitrogens is 2. The SMILES string of the molecule is OC(c1ccc(Cl)c(Cl)c1)c1cn[nH]c1-c1ccccc1. The molecule has 1 unspecified atom stereocenters. The largest absolute Gasteiger partial charge is 0.384 e. The van der Waals surface area contributed by atoms with Crippen LogP contribution >= 0.6 is 23.2 Å². The summed E-state index contributed by atoms with van der Waals surface area (Å²) >= 11 is 11.9. The highest BCUT2D eigenvalue weighted by Crippen LogP contribution is 2.32. The maximum absolute atomic E-state index is 10.6. The zero-order chi connectivity index (χ0) is 14.8. The third-order valence-corrected chi connectivity index (χ3v) is 4.02. The Morgan fingerprint density at radius 3 is 2.48 bits per heavy atom. The molecule has 0 saturated carbocycles. The zero-order valence-electron chi connectivity index (χ0n) is 10.9. The Morgan fingerprint density at radius 1 is 1.00 bits per heavy atom. The van der Waals surface area contributed by atoms with E-state index in [9.17, 15) is 5.11 Å². The number of H-pyrrole nitrogens is 1. The summed E-state index contributed by atoms with van der Waals surface area (Å²) < 4.78 is 0. The first-order valence-corrected chi connectivity index (χ1v) is 7.14. The minimum atomic E-state index is -0.825. The molecule has 1 heterocycles. The quantitative estimate of drug-likeness (QED) is 0.748. The molecule has 0 aliphatic heterocycles. The molecule has 0 fully saturated rings. The third-order valence-electron chi connectivity index (χ3n) is 3.29. The summed E-state index contributed by atoms with van der Waals surface area (Å²) in [4.78, 5) is 0. The van der Waals surface area contributed by atoms with Crippen molar-refractivity contribution in [3.63, 3.8) is 0 Å². The standard InChI is InChI=1S/C16H12Cl2N2O/c17-13-7-6-11(8-14(13)18)16(21)12-9-19-20-15(12)10-4-2-1-3-5-10/h1-9,16,21H,(H,19,20). The normalized spacial score (nSPS) is 12.3. The van der Waals surface area contributed by atoms with Crippen molar-refractivity contribution in [1.29, 1.82) is 0 Å². The van der Waals surface area contributed by atoms with Gasteiger partial charge in [-0.25, -0.2) is 0 Å². The topological polar surface area (TPSA) is 48.9 Å². The molecule has 2 aromatic carbocycles. The zero-order valence-corrected chi connectivity index (χ0v) is 12.4. The number of halogens is 2. The highest BCUT2D eigenvalue weighted by Gasteiger charge is 2.18. The molecule has 1 aromatic heterocycles. The highest BCUT2D eigenvalue weighted by molar-refractivity contribution is 6.42. The van der Waals surface area contributed by atoms with E-state index < -0.39 is 6.10 Å². The molecular weight excluding hydrogens is 307 g/mol. The lowest BCUT2D eigenvalue weighted by molar-refractivity contribution is 0.221. The van der Waals surface area contributed by atoms with Crippen molar-refractivity contribution in [2.24, 2.45) is 0 Å². The van der Waals surface area contributed by atoms with E-state index in [1.54, 1.807) is 24.4 Å². The average Bonchev–Trinajstić information content (AvgIpc) is 2.99. The molecule has 1 atom stereocenters. The fourth-order valence-corrected chi connectivity index (χ4v) is 2.51. The van der Waals surface area contributed by atoms with Gasteiger partial charge in [0.2, 0.25) is 0 Å². The summed E-state index contributed by atoms with van der Waals surface area (Å²) in [6, 6.07) is 14.8. The van der Waals surface area contributed by atoms with E-state index in [2.05, 4.69) is 10.2 Å². The van der Waals surface area contributed by atoms with Crippen LogP contribution in [0.15, 0.2) is 54.7 Å². The van der Waals surface area contributed by atoms with Crippen molar-refractivity contribution in [3.05, 3.63) is 75.9 Å². The smallest absolute Gasteiger partial charge is 0.108 e. The van der Waals surface area contributed by atoms with Crippen LogP contribution in [0.3, 0.4) is 0 Å². The second kappa shape index (κ2) is 5.90. The summed E-state index contributed by atoms with van der Waals surface area (Å²) in [7, 11) is 0. The number of benzene rings is 2. The molecule has 0 amide bonds. The predicted molar refractivity (Wildman–Crippen MR) is 84.5 cm³/mol. The molecule has 0 aliphatic rings. The van der Waals surface area contributed by atoms with Gasteiger partial charge in [-0.3, -0.25) is 5.10 Å². The van der Waals surface area contributed by atoms with E-state index in [0.717, 1.165) is 11.3 Å². The van der Waals surface area contributed by atoms with Gasteiger partial charge >= 0.3 is 0 Å². The van der Waals surface area contributed by atoms with Crippen LogP contribution < -0.4 is 0 Å². The van der Waals surface area contributed by atoms with Gasteiger partial charge < -0.3 is 5.11 Å². The van der Waals surface area contributed by atoms with Gasteiger partial charge in [0, 0.05) is 5.56 Å². The lowest BCUT2D eigenvalue weighted by Crippen LogP contribution is -2.00. The molecule has 0 radical (unpaired) electrons. The van der Waals surface area contributed by atoms with Crippen molar-refractivity contribution in [2.75, 3.05) is 0 Å². The van der Waals surface area contributed by atoms with Crippen LogP contribution in [0.4, 0.5) is 0 Å². The summed E-state index contributed by atoms with van der Waals surface area (Å²) in [5.74, 6) is 0.